The van der Waals surface area contributed by atoms with E-state index < -0.39 is 5.91 Å². The molecule has 0 saturated carbocycles. The highest BCUT2D eigenvalue weighted by molar-refractivity contribution is 7.99. The molecule has 6 heteroatoms. The van der Waals surface area contributed by atoms with E-state index in [1.54, 1.807) is 13.2 Å². The number of carbonyl (C=O) groups excluding carboxylic acids is 1. The van der Waals surface area contributed by atoms with Gasteiger partial charge in [-0.1, -0.05) is 11.6 Å². The predicted molar refractivity (Wildman–Crippen MR) is 67.0 cm³/mol. The summed E-state index contributed by atoms with van der Waals surface area (Å²) in [5, 5.41) is 0.440. The summed E-state index contributed by atoms with van der Waals surface area (Å²) in [6.07, 6.45) is 0. The molecule has 0 atom stereocenters. The third-order valence-electron chi connectivity index (χ3n) is 1.87. The first-order valence-electron chi connectivity index (χ1n) is 4.56. The van der Waals surface area contributed by atoms with Crippen molar-refractivity contribution in [1.29, 1.82) is 0 Å². The molecule has 4 nitrogen and oxygen atoms in total. The maximum atomic E-state index is 11.2. The third-order valence-corrected chi connectivity index (χ3v) is 3.37. The Kier molecular flexibility index (Phi) is 4.92. The Labute approximate surface area is 103 Å². The fraction of sp³-hybridized carbons (Fsp3) is 0.300. The quantitative estimate of drug-likeness (QED) is 0.480. The minimum Gasteiger partial charge on any atom is -0.399 e. The van der Waals surface area contributed by atoms with Gasteiger partial charge in [0.25, 0.3) is 0 Å². The Balaban J connectivity index is 2.99. The van der Waals surface area contributed by atoms with Crippen molar-refractivity contribution < 1.29 is 9.53 Å². The van der Waals surface area contributed by atoms with Gasteiger partial charge in [0.05, 0.1) is 17.2 Å². The third kappa shape index (κ3) is 3.30. The molecule has 0 spiro atoms. The molecule has 88 valence electrons. The number of benzene rings is 1. The molecular formula is C10H13ClN2O2S. The van der Waals surface area contributed by atoms with Crippen LogP contribution in [0.25, 0.3) is 0 Å². The lowest BCUT2D eigenvalue weighted by Gasteiger charge is -2.09. The lowest BCUT2D eigenvalue weighted by Crippen LogP contribution is -2.13. The first-order valence-corrected chi connectivity index (χ1v) is 5.93. The number of nitrogen functional groups attached to an aromatic ring is 1. The first kappa shape index (κ1) is 13.2. The molecule has 1 rings (SSSR count). The lowest BCUT2D eigenvalue weighted by atomic mass is 10.2. The number of methoxy groups -OCH3 is 1. The number of amides is 1. The lowest BCUT2D eigenvalue weighted by molar-refractivity contribution is 0.0997. The van der Waals surface area contributed by atoms with Gasteiger partial charge in [-0.25, -0.2) is 0 Å². The first-order chi connectivity index (χ1) is 7.56. The molecule has 16 heavy (non-hydrogen) atoms. The standard InChI is InChI=1S/C10H13ClN2O2S/c1-15-2-3-16-9-7(10(13)14)4-6(12)5-8(9)11/h4-5H,2-3,12H2,1H3,(H2,13,14). The van der Waals surface area contributed by atoms with Crippen LogP contribution in [0.3, 0.4) is 0 Å². The van der Waals surface area contributed by atoms with Gasteiger partial charge in [-0.05, 0) is 12.1 Å². The fourth-order valence-corrected chi connectivity index (χ4v) is 2.53. The number of primary amides is 1. The molecule has 1 aromatic rings. The van der Waals surface area contributed by atoms with E-state index in [0.717, 1.165) is 0 Å². The van der Waals surface area contributed by atoms with Gasteiger partial charge in [0, 0.05) is 23.4 Å². The Bertz CT molecular complexity index is 399. The van der Waals surface area contributed by atoms with Gasteiger partial charge in [0.15, 0.2) is 0 Å². The highest BCUT2D eigenvalue weighted by Gasteiger charge is 2.13. The van der Waals surface area contributed by atoms with Gasteiger partial charge in [0.2, 0.25) is 5.91 Å². The summed E-state index contributed by atoms with van der Waals surface area (Å²) < 4.78 is 4.92. The number of carbonyl (C=O) groups is 1. The average molecular weight is 261 g/mol. The van der Waals surface area contributed by atoms with Crippen molar-refractivity contribution >= 4 is 35.0 Å². The van der Waals surface area contributed by atoms with Crippen LogP contribution in [0.1, 0.15) is 10.4 Å². The monoisotopic (exact) mass is 260 g/mol. The smallest absolute Gasteiger partial charge is 0.249 e. The van der Waals surface area contributed by atoms with Gasteiger partial charge in [-0.2, -0.15) is 0 Å². The molecule has 0 unspecified atom stereocenters. The van der Waals surface area contributed by atoms with Crippen LogP contribution < -0.4 is 11.5 Å². The van der Waals surface area contributed by atoms with Crippen LogP contribution in [-0.2, 0) is 4.74 Å². The van der Waals surface area contributed by atoms with E-state index >= 15 is 0 Å². The van der Waals surface area contributed by atoms with Crippen LogP contribution in [0.4, 0.5) is 5.69 Å². The predicted octanol–water partition coefficient (Wildman–Crippen LogP) is 1.76. The van der Waals surface area contributed by atoms with E-state index in [0.29, 0.717) is 33.5 Å². The number of rotatable bonds is 5. The van der Waals surface area contributed by atoms with E-state index in [2.05, 4.69) is 0 Å². The highest BCUT2D eigenvalue weighted by atomic mass is 35.5. The minimum atomic E-state index is -0.533. The minimum absolute atomic E-state index is 0.353. The van der Waals surface area contributed by atoms with Crippen molar-refractivity contribution in [2.24, 2.45) is 5.73 Å². The number of ether oxygens (including phenoxy) is 1. The second-order valence-corrected chi connectivity index (χ2v) is 4.60. The molecule has 0 bridgehead atoms. The van der Waals surface area contributed by atoms with Crippen molar-refractivity contribution in [3.8, 4) is 0 Å². The van der Waals surface area contributed by atoms with Crippen LogP contribution in [0.5, 0.6) is 0 Å². The topological polar surface area (TPSA) is 78.3 Å². The number of halogens is 1. The molecule has 0 aliphatic carbocycles. The molecule has 0 heterocycles. The second kappa shape index (κ2) is 5.98. The van der Waals surface area contributed by atoms with Gasteiger partial charge in [0.1, 0.15) is 0 Å². The summed E-state index contributed by atoms with van der Waals surface area (Å²) >= 11 is 7.43. The van der Waals surface area contributed by atoms with Crippen LogP contribution in [0, 0.1) is 0 Å². The average Bonchev–Trinajstić information content (AvgIpc) is 2.20. The van der Waals surface area contributed by atoms with Crippen molar-refractivity contribution in [3.05, 3.63) is 22.7 Å². The number of hydrogen-bond acceptors (Lipinski definition) is 4. The van der Waals surface area contributed by atoms with Crippen LogP contribution in [0.2, 0.25) is 5.02 Å². The van der Waals surface area contributed by atoms with Crippen LogP contribution >= 0.6 is 23.4 Å². The molecule has 0 aliphatic heterocycles. The van der Waals surface area contributed by atoms with E-state index in [-0.39, 0.29) is 0 Å². The van der Waals surface area contributed by atoms with E-state index in [9.17, 15) is 4.79 Å². The Morgan fingerprint density at radius 3 is 2.81 bits per heavy atom. The van der Waals surface area contributed by atoms with Gasteiger partial charge >= 0.3 is 0 Å². The molecular weight excluding hydrogens is 248 g/mol. The molecule has 0 aromatic heterocycles. The highest BCUT2D eigenvalue weighted by Crippen LogP contribution is 2.32. The molecule has 0 fully saturated rings. The summed E-state index contributed by atoms with van der Waals surface area (Å²) in [7, 11) is 1.61. The van der Waals surface area contributed by atoms with Crippen LogP contribution in [0.15, 0.2) is 17.0 Å². The van der Waals surface area contributed by atoms with Crippen molar-refractivity contribution in [2.75, 3.05) is 25.2 Å². The maximum Gasteiger partial charge on any atom is 0.249 e. The zero-order chi connectivity index (χ0) is 12.1. The van der Waals surface area contributed by atoms with Crippen LogP contribution in [-0.4, -0.2) is 25.4 Å². The number of hydrogen-bond donors (Lipinski definition) is 2. The molecule has 1 amide bonds. The number of thioether (sulfide) groups is 1. The van der Waals surface area contributed by atoms with E-state index in [1.165, 1.54) is 17.8 Å². The van der Waals surface area contributed by atoms with Crippen molar-refractivity contribution in [1.82, 2.24) is 0 Å². The zero-order valence-corrected chi connectivity index (χ0v) is 10.4. The second-order valence-electron chi connectivity index (χ2n) is 3.08. The van der Waals surface area contributed by atoms with Crippen molar-refractivity contribution in [3.63, 3.8) is 0 Å². The number of anilines is 1. The maximum absolute atomic E-state index is 11.2. The normalized spacial score (nSPS) is 10.4. The SMILES string of the molecule is COCCSc1c(Cl)cc(N)cc1C(N)=O. The number of nitrogens with two attached hydrogens (primary N) is 2. The molecule has 1 aromatic carbocycles. The summed E-state index contributed by atoms with van der Waals surface area (Å²) in [6.45, 7) is 0.573. The van der Waals surface area contributed by atoms with E-state index in [1.807, 2.05) is 0 Å². The van der Waals surface area contributed by atoms with E-state index in [4.69, 9.17) is 27.8 Å². The summed E-state index contributed by atoms with van der Waals surface area (Å²) in [6, 6.07) is 3.13. The Morgan fingerprint density at radius 2 is 2.25 bits per heavy atom. The molecule has 4 N–H and O–H groups in total. The van der Waals surface area contributed by atoms with Gasteiger partial charge < -0.3 is 16.2 Å². The van der Waals surface area contributed by atoms with Crippen molar-refractivity contribution in [2.45, 2.75) is 4.90 Å². The largest absolute Gasteiger partial charge is 0.399 e. The summed E-state index contributed by atoms with van der Waals surface area (Å²) in [5.41, 5.74) is 11.6. The summed E-state index contributed by atoms with van der Waals surface area (Å²) in [5.74, 6) is 0.162. The van der Waals surface area contributed by atoms with Gasteiger partial charge in [-0.3, -0.25) is 4.79 Å². The molecule has 0 radical (unpaired) electrons. The Morgan fingerprint density at radius 1 is 1.56 bits per heavy atom. The molecule has 0 aliphatic rings. The molecule has 0 saturated heterocycles. The van der Waals surface area contributed by atoms with Gasteiger partial charge in [-0.15, -0.1) is 11.8 Å². The Hall–Kier alpha value is -0.910. The zero-order valence-electron chi connectivity index (χ0n) is 8.83. The summed E-state index contributed by atoms with van der Waals surface area (Å²) in [4.78, 5) is 11.9. The fourth-order valence-electron chi connectivity index (χ4n) is 1.17.